The highest BCUT2D eigenvalue weighted by Gasteiger charge is 2.23. The Labute approximate surface area is 108 Å². The maximum Gasteiger partial charge on any atom is 0.161 e. The fourth-order valence-electron chi connectivity index (χ4n) is 1.71. The Balaban J connectivity index is 2.04. The molecule has 0 atom stereocenters. The lowest BCUT2D eigenvalue weighted by atomic mass is 9.97. The molecule has 2 rings (SSSR count). The van der Waals surface area contributed by atoms with Crippen LogP contribution in [0.2, 0.25) is 0 Å². The fourth-order valence-corrected chi connectivity index (χ4v) is 2.67. The quantitative estimate of drug-likeness (QED) is 0.861. The molecule has 0 aromatic heterocycles. The molecule has 1 aromatic rings. The number of hydrogen-bond acceptors (Lipinski definition) is 3. The van der Waals surface area contributed by atoms with Crippen LogP contribution in [0.4, 0.5) is 5.69 Å². The summed E-state index contributed by atoms with van der Waals surface area (Å²) >= 11 is 1.82. The molecule has 92 valence electrons. The monoisotopic (exact) mass is 248 g/mol. The zero-order chi connectivity index (χ0) is 12.3. The van der Waals surface area contributed by atoms with E-state index >= 15 is 0 Å². The van der Waals surface area contributed by atoms with E-state index in [2.05, 4.69) is 55.3 Å². The Morgan fingerprint density at radius 1 is 1.41 bits per heavy atom. The second-order valence-corrected chi connectivity index (χ2v) is 6.22. The minimum Gasteiger partial charge on any atom is -0.335 e. The minimum atomic E-state index is 0.334. The van der Waals surface area contributed by atoms with E-state index in [-0.39, 0.29) is 0 Å². The minimum absolute atomic E-state index is 0.334. The number of aryl methyl sites for hydroxylation is 1. The third-order valence-corrected chi connectivity index (χ3v) is 4.27. The SMILES string of the molecule is CCc1cccc(NC2=NCC(C)(C)CS2)c1. The first-order chi connectivity index (χ1) is 8.09. The van der Waals surface area contributed by atoms with Gasteiger partial charge in [-0.2, -0.15) is 0 Å². The first kappa shape index (κ1) is 12.5. The summed E-state index contributed by atoms with van der Waals surface area (Å²) in [6, 6.07) is 8.55. The molecule has 0 amide bonds. The van der Waals surface area contributed by atoms with E-state index in [0.29, 0.717) is 5.41 Å². The van der Waals surface area contributed by atoms with Gasteiger partial charge in [0.05, 0.1) is 0 Å². The summed E-state index contributed by atoms with van der Waals surface area (Å²) < 4.78 is 0. The highest BCUT2D eigenvalue weighted by Crippen LogP contribution is 2.28. The van der Waals surface area contributed by atoms with Gasteiger partial charge in [-0.3, -0.25) is 4.99 Å². The Bertz CT molecular complexity index is 424. The molecular formula is C14H20N2S. The third kappa shape index (κ3) is 3.50. The van der Waals surface area contributed by atoms with E-state index < -0.39 is 0 Å². The number of nitrogens with one attached hydrogen (secondary N) is 1. The van der Waals surface area contributed by atoms with Crippen LogP contribution in [0, 0.1) is 5.41 Å². The zero-order valence-corrected chi connectivity index (χ0v) is 11.6. The van der Waals surface area contributed by atoms with Crippen LogP contribution in [0.15, 0.2) is 29.3 Å². The van der Waals surface area contributed by atoms with Gasteiger partial charge in [0.2, 0.25) is 0 Å². The van der Waals surface area contributed by atoms with E-state index in [9.17, 15) is 0 Å². The van der Waals surface area contributed by atoms with Crippen LogP contribution in [0.3, 0.4) is 0 Å². The summed E-state index contributed by atoms with van der Waals surface area (Å²) in [5.74, 6) is 1.13. The van der Waals surface area contributed by atoms with Crippen molar-refractivity contribution in [1.82, 2.24) is 0 Å². The van der Waals surface area contributed by atoms with Crippen molar-refractivity contribution in [2.75, 3.05) is 17.6 Å². The molecule has 0 radical (unpaired) electrons. The summed E-state index contributed by atoms with van der Waals surface area (Å²) in [6.45, 7) is 7.61. The lowest BCUT2D eigenvalue weighted by Crippen LogP contribution is -2.27. The first-order valence-electron chi connectivity index (χ1n) is 6.12. The molecule has 17 heavy (non-hydrogen) atoms. The number of anilines is 1. The van der Waals surface area contributed by atoms with Gasteiger partial charge in [0.15, 0.2) is 5.17 Å². The number of nitrogens with zero attached hydrogens (tertiary/aromatic N) is 1. The Hall–Kier alpha value is -0.960. The highest BCUT2D eigenvalue weighted by molar-refractivity contribution is 8.14. The molecule has 1 aliphatic heterocycles. The molecule has 1 aromatic carbocycles. The summed E-state index contributed by atoms with van der Waals surface area (Å²) in [5.41, 5.74) is 2.84. The number of thioether (sulfide) groups is 1. The number of aliphatic imine (C=N–C) groups is 1. The van der Waals surface area contributed by atoms with Gasteiger partial charge in [-0.05, 0) is 29.5 Å². The Morgan fingerprint density at radius 3 is 2.88 bits per heavy atom. The van der Waals surface area contributed by atoms with Crippen molar-refractivity contribution in [3.63, 3.8) is 0 Å². The molecule has 0 spiro atoms. The number of rotatable bonds is 2. The van der Waals surface area contributed by atoms with Gasteiger partial charge in [0.1, 0.15) is 0 Å². The average molecular weight is 248 g/mol. The lowest BCUT2D eigenvalue weighted by Gasteiger charge is -2.27. The Morgan fingerprint density at radius 2 is 2.24 bits per heavy atom. The molecular weight excluding hydrogens is 228 g/mol. The molecule has 0 saturated carbocycles. The van der Waals surface area contributed by atoms with Crippen molar-refractivity contribution in [3.05, 3.63) is 29.8 Å². The van der Waals surface area contributed by atoms with Crippen LogP contribution in [0.5, 0.6) is 0 Å². The molecule has 2 nitrogen and oxygen atoms in total. The van der Waals surface area contributed by atoms with Gasteiger partial charge >= 0.3 is 0 Å². The van der Waals surface area contributed by atoms with E-state index in [1.165, 1.54) is 5.56 Å². The predicted molar refractivity (Wildman–Crippen MR) is 78.0 cm³/mol. The van der Waals surface area contributed by atoms with Gasteiger partial charge in [-0.25, -0.2) is 0 Å². The second kappa shape index (κ2) is 5.13. The smallest absolute Gasteiger partial charge is 0.161 e. The predicted octanol–water partition coefficient (Wildman–Crippen LogP) is 3.79. The van der Waals surface area contributed by atoms with Crippen LogP contribution < -0.4 is 5.32 Å². The molecule has 0 fully saturated rings. The van der Waals surface area contributed by atoms with Crippen LogP contribution in [0.1, 0.15) is 26.3 Å². The van der Waals surface area contributed by atoms with Crippen molar-refractivity contribution in [2.24, 2.45) is 10.4 Å². The van der Waals surface area contributed by atoms with Crippen molar-refractivity contribution < 1.29 is 0 Å². The summed E-state index contributed by atoms with van der Waals surface area (Å²) in [7, 11) is 0. The molecule has 1 heterocycles. The third-order valence-electron chi connectivity index (χ3n) is 2.84. The molecule has 0 bridgehead atoms. The molecule has 0 unspecified atom stereocenters. The molecule has 1 N–H and O–H groups in total. The highest BCUT2D eigenvalue weighted by atomic mass is 32.2. The van der Waals surface area contributed by atoms with E-state index in [1.807, 2.05) is 11.8 Å². The van der Waals surface area contributed by atoms with E-state index in [1.54, 1.807) is 0 Å². The first-order valence-corrected chi connectivity index (χ1v) is 7.11. The summed E-state index contributed by atoms with van der Waals surface area (Å²) in [4.78, 5) is 4.60. The topological polar surface area (TPSA) is 24.4 Å². The largest absolute Gasteiger partial charge is 0.335 e. The normalized spacial score (nSPS) is 18.6. The van der Waals surface area contributed by atoms with Gasteiger partial charge in [0.25, 0.3) is 0 Å². The van der Waals surface area contributed by atoms with Gasteiger partial charge in [-0.1, -0.05) is 44.7 Å². The van der Waals surface area contributed by atoms with E-state index in [4.69, 9.17) is 0 Å². The average Bonchev–Trinajstić information content (AvgIpc) is 2.32. The maximum absolute atomic E-state index is 4.60. The van der Waals surface area contributed by atoms with Crippen molar-refractivity contribution in [2.45, 2.75) is 27.2 Å². The van der Waals surface area contributed by atoms with Crippen LogP contribution >= 0.6 is 11.8 Å². The molecule has 3 heteroatoms. The number of amidine groups is 1. The van der Waals surface area contributed by atoms with Gasteiger partial charge in [-0.15, -0.1) is 0 Å². The van der Waals surface area contributed by atoms with Crippen LogP contribution in [0.25, 0.3) is 0 Å². The van der Waals surface area contributed by atoms with Gasteiger partial charge in [0, 0.05) is 18.0 Å². The summed E-state index contributed by atoms with van der Waals surface area (Å²) in [6.07, 6.45) is 1.07. The fraction of sp³-hybridized carbons (Fsp3) is 0.500. The van der Waals surface area contributed by atoms with Crippen molar-refractivity contribution in [3.8, 4) is 0 Å². The maximum atomic E-state index is 4.60. The standard InChI is InChI=1S/C14H20N2S/c1-4-11-6-5-7-12(8-11)16-13-15-9-14(2,3)10-17-13/h5-8H,4,9-10H2,1-3H3,(H,15,16). The lowest BCUT2D eigenvalue weighted by molar-refractivity contribution is 0.438. The van der Waals surface area contributed by atoms with Crippen molar-refractivity contribution >= 4 is 22.6 Å². The molecule has 0 saturated heterocycles. The van der Waals surface area contributed by atoms with Gasteiger partial charge < -0.3 is 5.32 Å². The van der Waals surface area contributed by atoms with Crippen LogP contribution in [-0.4, -0.2) is 17.5 Å². The number of hydrogen-bond donors (Lipinski definition) is 1. The summed E-state index contributed by atoms with van der Waals surface area (Å²) in [5, 5.41) is 4.46. The van der Waals surface area contributed by atoms with Crippen molar-refractivity contribution in [1.29, 1.82) is 0 Å². The molecule has 1 aliphatic rings. The van der Waals surface area contributed by atoms with Crippen LogP contribution in [-0.2, 0) is 6.42 Å². The molecule has 0 aliphatic carbocycles. The number of benzene rings is 1. The van der Waals surface area contributed by atoms with E-state index in [0.717, 1.165) is 29.6 Å². The zero-order valence-electron chi connectivity index (χ0n) is 10.8. The second-order valence-electron chi connectivity index (χ2n) is 5.25. The Kier molecular flexibility index (Phi) is 3.77.